The number of morpholine rings is 1. The summed E-state index contributed by atoms with van der Waals surface area (Å²) in [5, 5.41) is 6.70. The van der Waals surface area contributed by atoms with Crippen molar-refractivity contribution in [2.24, 2.45) is 4.99 Å². The highest BCUT2D eigenvalue weighted by Gasteiger charge is 2.17. The largest absolute Gasteiger partial charge is 0.439 e. The second-order valence-electron chi connectivity index (χ2n) is 7.13. The summed E-state index contributed by atoms with van der Waals surface area (Å²) >= 11 is 0. The molecule has 1 aliphatic rings. The molecule has 2 heterocycles. The topological polar surface area (TPSA) is 71.0 Å². The van der Waals surface area contributed by atoms with Gasteiger partial charge in [-0.15, -0.1) is 0 Å². The summed E-state index contributed by atoms with van der Waals surface area (Å²) in [4.78, 5) is 11.4. The zero-order valence-electron chi connectivity index (χ0n) is 17.6. The number of nitrogens with one attached hydrogen (secondary N) is 2. The van der Waals surface area contributed by atoms with Gasteiger partial charge in [0.05, 0.1) is 19.8 Å². The van der Waals surface area contributed by atoms with Crippen molar-refractivity contribution < 1.29 is 13.9 Å². The molecule has 3 rings (SSSR count). The number of aliphatic imine (C=N–C) groups is 1. The Balaban J connectivity index is 1.51. The van der Waals surface area contributed by atoms with E-state index in [1.165, 1.54) is 12.1 Å². The fourth-order valence-corrected chi connectivity index (χ4v) is 3.09. The SMILES string of the molecule is CCNC(=NCc1ccc(Oc2ccc(F)cc2)nc1)NCC(C)N1CCOCC1. The Bertz CT molecular complexity index is 792. The number of rotatable bonds is 8. The Morgan fingerprint density at radius 2 is 1.97 bits per heavy atom. The molecule has 1 fully saturated rings. The van der Waals surface area contributed by atoms with Crippen molar-refractivity contribution in [1.29, 1.82) is 0 Å². The molecule has 0 saturated carbocycles. The lowest BCUT2D eigenvalue weighted by Crippen LogP contribution is -2.49. The Kier molecular flexibility index (Phi) is 8.41. The summed E-state index contributed by atoms with van der Waals surface area (Å²) in [7, 11) is 0. The van der Waals surface area contributed by atoms with Crippen molar-refractivity contribution in [2.75, 3.05) is 39.4 Å². The number of hydrogen-bond acceptors (Lipinski definition) is 5. The van der Waals surface area contributed by atoms with Crippen LogP contribution in [0.25, 0.3) is 0 Å². The number of aromatic nitrogens is 1. The molecule has 1 aromatic carbocycles. The molecule has 162 valence electrons. The number of ether oxygens (including phenoxy) is 2. The second kappa shape index (κ2) is 11.5. The predicted octanol–water partition coefficient (Wildman–Crippen LogP) is 2.79. The first-order valence-electron chi connectivity index (χ1n) is 10.4. The molecule has 0 spiro atoms. The van der Waals surface area contributed by atoms with Gasteiger partial charge in [0.1, 0.15) is 11.6 Å². The minimum Gasteiger partial charge on any atom is -0.439 e. The molecule has 0 aliphatic carbocycles. The maximum atomic E-state index is 13.0. The van der Waals surface area contributed by atoms with Crippen molar-refractivity contribution >= 4 is 5.96 Å². The molecule has 2 aromatic rings. The molecule has 1 aromatic heterocycles. The van der Waals surface area contributed by atoms with Crippen LogP contribution in [-0.4, -0.2) is 61.3 Å². The third kappa shape index (κ3) is 6.96. The molecule has 1 saturated heterocycles. The Morgan fingerprint density at radius 1 is 1.20 bits per heavy atom. The molecule has 30 heavy (non-hydrogen) atoms. The van der Waals surface area contributed by atoms with Crippen molar-refractivity contribution in [3.8, 4) is 11.6 Å². The van der Waals surface area contributed by atoms with Crippen molar-refractivity contribution in [3.05, 3.63) is 54.0 Å². The predicted molar refractivity (Wildman–Crippen MR) is 115 cm³/mol. The molecule has 7 nitrogen and oxygen atoms in total. The highest BCUT2D eigenvalue weighted by Crippen LogP contribution is 2.19. The zero-order chi connectivity index (χ0) is 21.2. The molecule has 1 aliphatic heterocycles. The van der Waals surface area contributed by atoms with Crippen LogP contribution in [0.3, 0.4) is 0 Å². The van der Waals surface area contributed by atoms with Crippen LogP contribution < -0.4 is 15.4 Å². The molecule has 0 radical (unpaired) electrons. The lowest BCUT2D eigenvalue weighted by molar-refractivity contribution is 0.0211. The third-order valence-corrected chi connectivity index (χ3v) is 4.83. The quantitative estimate of drug-likeness (QED) is 0.510. The van der Waals surface area contributed by atoms with Crippen LogP contribution >= 0.6 is 0 Å². The first-order chi connectivity index (χ1) is 14.6. The van der Waals surface area contributed by atoms with Gasteiger partial charge in [0.25, 0.3) is 0 Å². The van der Waals surface area contributed by atoms with E-state index in [1.807, 2.05) is 13.0 Å². The zero-order valence-corrected chi connectivity index (χ0v) is 17.6. The Labute approximate surface area is 177 Å². The smallest absolute Gasteiger partial charge is 0.219 e. The summed E-state index contributed by atoms with van der Waals surface area (Å²) in [6.45, 7) is 9.90. The van der Waals surface area contributed by atoms with Gasteiger partial charge in [0.2, 0.25) is 5.88 Å². The van der Waals surface area contributed by atoms with Crippen LogP contribution in [0, 0.1) is 5.82 Å². The van der Waals surface area contributed by atoms with E-state index in [2.05, 4.69) is 32.4 Å². The molecule has 1 unspecified atom stereocenters. The van der Waals surface area contributed by atoms with Crippen LogP contribution in [0.1, 0.15) is 19.4 Å². The van der Waals surface area contributed by atoms with E-state index >= 15 is 0 Å². The third-order valence-electron chi connectivity index (χ3n) is 4.83. The number of pyridine rings is 1. The van der Waals surface area contributed by atoms with Crippen LogP contribution in [0.2, 0.25) is 0 Å². The van der Waals surface area contributed by atoms with E-state index in [4.69, 9.17) is 9.47 Å². The number of guanidine groups is 1. The Hall–Kier alpha value is -2.71. The minimum absolute atomic E-state index is 0.298. The van der Waals surface area contributed by atoms with Crippen molar-refractivity contribution in [2.45, 2.75) is 26.4 Å². The van der Waals surface area contributed by atoms with Gasteiger partial charge in [-0.05, 0) is 43.7 Å². The second-order valence-corrected chi connectivity index (χ2v) is 7.13. The van der Waals surface area contributed by atoms with E-state index < -0.39 is 0 Å². The van der Waals surface area contributed by atoms with Gasteiger partial charge in [0.15, 0.2) is 5.96 Å². The number of hydrogen-bond donors (Lipinski definition) is 2. The van der Waals surface area contributed by atoms with Gasteiger partial charge in [-0.25, -0.2) is 14.4 Å². The monoisotopic (exact) mass is 415 g/mol. The first-order valence-corrected chi connectivity index (χ1v) is 10.4. The number of halogens is 1. The van der Waals surface area contributed by atoms with E-state index in [9.17, 15) is 4.39 Å². The van der Waals surface area contributed by atoms with Gasteiger partial charge in [-0.3, -0.25) is 4.90 Å². The van der Waals surface area contributed by atoms with Gasteiger partial charge in [-0.1, -0.05) is 6.07 Å². The average molecular weight is 416 g/mol. The standard InChI is InChI=1S/C22H30FN5O2/c1-3-24-22(26-14-17(2)28-10-12-29-13-11-28)27-16-18-4-9-21(25-15-18)30-20-7-5-19(23)6-8-20/h4-9,15,17H,3,10-14,16H2,1-2H3,(H2,24,26,27). The van der Waals surface area contributed by atoms with E-state index in [0.717, 1.165) is 50.9 Å². The van der Waals surface area contributed by atoms with Gasteiger partial charge < -0.3 is 20.1 Å². The fourth-order valence-electron chi connectivity index (χ4n) is 3.09. The van der Waals surface area contributed by atoms with Crippen LogP contribution in [0.4, 0.5) is 4.39 Å². The van der Waals surface area contributed by atoms with E-state index in [-0.39, 0.29) is 5.82 Å². The van der Waals surface area contributed by atoms with E-state index in [0.29, 0.717) is 24.2 Å². The van der Waals surface area contributed by atoms with Gasteiger partial charge in [-0.2, -0.15) is 0 Å². The highest BCUT2D eigenvalue weighted by atomic mass is 19.1. The molecule has 1 atom stereocenters. The molecule has 2 N–H and O–H groups in total. The van der Waals surface area contributed by atoms with Crippen LogP contribution in [-0.2, 0) is 11.3 Å². The molecular formula is C22H30FN5O2. The molecule has 0 bridgehead atoms. The highest BCUT2D eigenvalue weighted by molar-refractivity contribution is 5.79. The number of benzene rings is 1. The van der Waals surface area contributed by atoms with Crippen LogP contribution in [0.15, 0.2) is 47.6 Å². The summed E-state index contributed by atoms with van der Waals surface area (Å²) in [6.07, 6.45) is 1.74. The normalized spacial score (nSPS) is 16.2. The van der Waals surface area contributed by atoms with Crippen LogP contribution in [0.5, 0.6) is 11.6 Å². The van der Waals surface area contributed by atoms with Crippen molar-refractivity contribution in [3.63, 3.8) is 0 Å². The molecule has 8 heteroatoms. The summed E-state index contributed by atoms with van der Waals surface area (Å²) < 4.78 is 24.0. The molecule has 0 amide bonds. The number of nitrogens with zero attached hydrogens (tertiary/aromatic N) is 3. The summed E-state index contributed by atoms with van der Waals surface area (Å²) in [5.74, 6) is 1.48. The Morgan fingerprint density at radius 3 is 2.63 bits per heavy atom. The maximum Gasteiger partial charge on any atom is 0.219 e. The summed E-state index contributed by atoms with van der Waals surface area (Å²) in [5.41, 5.74) is 0.972. The van der Waals surface area contributed by atoms with Gasteiger partial charge >= 0.3 is 0 Å². The van der Waals surface area contributed by atoms with Gasteiger partial charge in [0, 0.05) is 44.5 Å². The van der Waals surface area contributed by atoms with E-state index in [1.54, 1.807) is 24.4 Å². The average Bonchev–Trinajstić information content (AvgIpc) is 2.78. The first kappa shape index (κ1) is 22.0. The lowest BCUT2D eigenvalue weighted by Gasteiger charge is -2.32. The lowest BCUT2D eigenvalue weighted by atomic mass is 10.2. The summed E-state index contributed by atoms with van der Waals surface area (Å²) in [6, 6.07) is 9.97. The minimum atomic E-state index is -0.298. The fraction of sp³-hybridized carbons (Fsp3) is 0.455. The molecular weight excluding hydrogens is 385 g/mol. The maximum absolute atomic E-state index is 13.0. The van der Waals surface area contributed by atoms with Crippen molar-refractivity contribution in [1.82, 2.24) is 20.5 Å².